The molecule has 0 spiro atoms. The molecule has 5 rings (SSSR count). The molecule has 0 amide bonds. The lowest BCUT2D eigenvalue weighted by atomic mass is 10.3. The number of aromatic nitrogens is 2. The molecule has 0 radical (unpaired) electrons. The standard InChI is InChI=1S/C24H20F2N3OS3.ClH/c1-3-29-19(12-16-6-4-5-10-28(16)13-15-9-11-31-14-15)32-22(23(29)30)24-27(2)18-8-7-17(25)20(26)21(18)33-24;/h4-12,14H,3,13H2,1-2H3;1H/q+1;/p-1/b24-22+;. The third-order valence-corrected chi connectivity index (χ3v) is 8.74. The Labute approximate surface area is 213 Å². The maximum absolute atomic E-state index is 14.4. The topological polar surface area (TPSA) is 29.1 Å². The number of halogens is 3. The summed E-state index contributed by atoms with van der Waals surface area (Å²) in [5.74, 6) is -1.77. The third kappa shape index (κ3) is 4.33. The van der Waals surface area contributed by atoms with Gasteiger partial charge >= 0.3 is 0 Å². The molecule has 176 valence electrons. The van der Waals surface area contributed by atoms with Gasteiger partial charge in [0.1, 0.15) is 14.2 Å². The summed E-state index contributed by atoms with van der Waals surface area (Å²) in [5.41, 5.74) is 2.63. The monoisotopic (exact) mass is 535 g/mol. The first kappa shape index (κ1) is 24.7. The summed E-state index contributed by atoms with van der Waals surface area (Å²) in [5, 5.41) is 4.80. The van der Waals surface area contributed by atoms with Crippen molar-refractivity contribution in [2.24, 2.45) is 0 Å². The number of hydrogen-bond acceptors (Lipinski definition) is 5. The molecule has 1 aliphatic rings. The molecule has 0 fully saturated rings. The van der Waals surface area contributed by atoms with E-state index in [1.807, 2.05) is 37.4 Å². The first-order valence-electron chi connectivity index (χ1n) is 10.3. The van der Waals surface area contributed by atoms with E-state index in [1.54, 1.807) is 33.9 Å². The van der Waals surface area contributed by atoms with Gasteiger partial charge in [-0.1, -0.05) is 11.8 Å². The van der Waals surface area contributed by atoms with Gasteiger partial charge in [-0.3, -0.25) is 9.36 Å². The lowest BCUT2D eigenvalue weighted by molar-refractivity contribution is -0.690. The average Bonchev–Trinajstić information content (AvgIpc) is 3.51. The van der Waals surface area contributed by atoms with Crippen LogP contribution in [0.3, 0.4) is 0 Å². The zero-order valence-corrected chi connectivity index (χ0v) is 21.5. The molecule has 0 bridgehead atoms. The molecule has 4 aromatic rings. The summed E-state index contributed by atoms with van der Waals surface area (Å²) >= 11 is 4.14. The van der Waals surface area contributed by atoms with Crippen molar-refractivity contribution in [3.8, 4) is 0 Å². The summed E-state index contributed by atoms with van der Waals surface area (Å²) in [4.78, 5) is 15.3. The molecule has 0 unspecified atom stereocenters. The number of fused-ring (bicyclic) bond motifs is 1. The lowest BCUT2D eigenvalue weighted by Gasteiger charge is -2.12. The van der Waals surface area contributed by atoms with Gasteiger partial charge in [0.15, 0.2) is 24.4 Å². The van der Waals surface area contributed by atoms with E-state index < -0.39 is 11.6 Å². The van der Waals surface area contributed by atoms with Gasteiger partial charge in [-0.2, -0.15) is 15.9 Å². The van der Waals surface area contributed by atoms with Gasteiger partial charge in [0.05, 0.1) is 10.6 Å². The number of hydrogen-bond donors (Lipinski definition) is 0. The quantitative estimate of drug-likeness (QED) is 0.361. The zero-order valence-electron chi connectivity index (χ0n) is 18.3. The second-order valence-electron chi connectivity index (χ2n) is 7.52. The summed E-state index contributed by atoms with van der Waals surface area (Å²) in [7, 11) is 1.77. The van der Waals surface area contributed by atoms with Crippen LogP contribution < -0.4 is 36.6 Å². The van der Waals surface area contributed by atoms with Gasteiger partial charge in [0, 0.05) is 42.7 Å². The van der Waals surface area contributed by atoms with Crippen LogP contribution in [0.4, 0.5) is 14.5 Å². The normalized spacial score (nSPS) is 14.9. The van der Waals surface area contributed by atoms with Gasteiger partial charge in [-0.25, -0.2) is 8.78 Å². The number of rotatable bonds is 4. The Balaban J connectivity index is 0.00000274. The second-order valence-corrected chi connectivity index (χ2v) is 10.3. The van der Waals surface area contributed by atoms with Gasteiger partial charge in [-0.05, 0) is 36.6 Å². The SMILES string of the molecule is CCn1c(=O)/c(=C2\Sc3c(ccc(F)c3F)N2C)s/c1=C\c1cccc[n+]1Cc1ccsc1.[Cl-]. The smallest absolute Gasteiger partial charge is 0.271 e. The van der Waals surface area contributed by atoms with Crippen LogP contribution in [-0.4, -0.2) is 11.6 Å². The highest BCUT2D eigenvalue weighted by Crippen LogP contribution is 2.47. The van der Waals surface area contributed by atoms with Crippen LogP contribution in [0.15, 0.2) is 63.0 Å². The highest BCUT2D eigenvalue weighted by molar-refractivity contribution is 8.08. The first-order valence-corrected chi connectivity index (χ1v) is 12.9. The molecule has 34 heavy (non-hydrogen) atoms. The molecular formula is C24H20ClF2N3OS3. The second kappa shape index (κ2) is 10.0. The molecular weight excluding hydrogens is 516 g/mol. The fourth-order valence-corrected chi connectivity index (χ4v) is 6.94. The molecule has 0 aliphatic carbocycles. The van der Waals surface area contributed by atoms with Crippen LogP contribution >= 0.6 is 34.4 Å². The summed E-state index contributed by atoms with van der Waals surface area (Å²) in [6.07, 6.45) is 4.04. The highest BCUT2D eigenvalue weighted by atomic mass is 35.5. The molecule has 0 saturated carbocycles. The Hall–Kier alpha value is -2.46. The average molecular weight is 536 g/mol. The number of pyridine rings is 1. The van der Waals surface area contributed by atoms with Crippen LogP contribution in [-0.2, 0) is 13.1 Å². The maximum Gasteiger partial charge on any atom is 0.271 e. The van der Waals surface area contributed by atoms with Crippen molar-refractivity contribution in [2.75, 3.05) is 11.9 Å². The van der Waals surface area contributed by atoms with Crippen LogP contribution in [0.5, 0.6) is 0 Å². The third-order valence-electron chi connectivity index (χ3n) is 5.50. The van der Waals surface area contributed by atoms with Crippen molar-refractivity contribution in [2.45, 2.75) is 24.9 Å². The lowest BCUT2D eigenvalue weighted by Crippen LogP contribution is -3.00. The minimum atomic E-state index is -0.888. The van der Waals surface area contributed by atoms with E-state index in [4.69, 9.17) is 0 Å². The van der Waals surface area contributed by atoms with Crippen LogP contribution in [0, 0.1) is 11.6 Å². The van der Waals surface area contributed by atoms with Gasteiger partial charge in [0.25, 0.3) is 5.56 Å². The largest absolute Gasteiger partial charge is 1.00 e. The Morgan fingerprint density at radius 1 is 1.15 bits per heavy atom. The fraction of sp³-hybridized carbons (Fsp3) is 0.167. The summed E-state index contributed by atoms with van der Waals surface area (Å²) < 4.78 is 33.3. The molecule has 0 atom stereocenters. The Kier molecular flexibility index (Phi) is 7.28. The van der Waals surface area contributed by atoms with Gasteiger partial charge < -0.3 is 17.3 Å². The van der Waals surface area contributed by atoms with Crippen LogP contribution in [0.25, 0.3) is 11.1 Å². The number of thioether (sulfide) groups is 1. The van der Waals surface area contributed by atoms with E-state index in [1.165, 1.54) is 16.9 Å². The minimum absolute atomic E-state index is 0. The predicted molar refractivity (Wildman–Crippen MR) is 131 cm³/mol. The number of anilines is 1. The summed E-state index contributed by atoms with van der Waals surface area (Å²) in [6, 6.07) is 10.7. The van der Waals surface area contributed by atoms with E-state index in [-0.39, 0.29) is 22.9 Å². The van der Waals surface area contributed by atoms with Gasteiger partial charge in [0.2, 0.25) is 5.69 Å². The number of benzene rings is 1. The molecule has 0 saturated heterocycles. The van der Waals surface area contributed by atoms with E-state index in [0.717, 1.165) is 34.7 Å². The Morgan fingerprint density at radius 3 is 2.71 bits per heavy atom. The molecule has 4 nitrogen and oxygen atoms in total. The van der Waals surface area contributed by atoms with E-state index in [2.05, 4.69) is 21.4 Å². The molecule has 1 aliphatic heterocycles. The Morgan fingerprint density at radius 2 is 1.97 bits per heavy atom. The van der Waals surface area contributed by atoms with Crippen LogP contribution in [0.1, 0.15) is 18.2 Å². The van der Waals surface area contributed by atoms with E-state index >= 15 is 0 Å². The molecule has 3 aromatic heterocycles. The van der Waals surface area contributed by atoms with E-state index in [0.29, 0.717) is 21.8 Å². The minimum Gasteiger partial charge on any atom is -1.00 e. The Bertz CT molecular complexity index is 1530. The fourth-order valence-electron chi connectivity index (χ4n) is 3.79. The van der Waals surface area contributed by atoms with Gasteiger partial charge in [-0.15, -0.1) is 11.3 Å². The molecule has 1 aromatic carbocycles. The van der Waals surface area contributed by atoms with Crippen LogP contribution in [0.2, 0.25) is 0 Å². The first-order chi connectivity index (χ1) is 16.0. The number of nitrogens with zero attached hydrogens (tertiary/aromatic N) is 3. The molecule has 10 heteroatoms. The number of thiophene rings is 1. The molecule has 4 heterocycles. The van der Waals surface area contributed by atoms with Crippen molar-refractivity contribution in [3.05, 3.63) is 95.8 Å². The van der Waals surface area contributed by atoms with Crippen molar-refractivity contribution in [1.29, 1.82) is 0 Å². The van der Waals surface area contributed by atoms with Crippen molar-refractivity contribution >= 4 is 51.2 Å². The van der Waals surface area contributed by atoms with Crippen molar-refractivity contribution in [1.82, 2.24) is 4.57 Å². The molecule has 0 N–H and O–H groups in total. The van der Waals surface area contributed by atoms with Crippen molar-refractivity contribution in [3.63, 3.8) is 0 Å². The zero-order chi connectivity index (χ0) is 23.1. The number of thiazole rings is 1. The highest BCUT2D eigenvalue weighted by Gasteiger charge is 2.29. The van der Waals surface area contributed by atoms with Crippen molar-refractivity contribution < 1.29 is 25.8 Å². The maximum atomic E-state index is 14.4. The predicted octanol–water partition coefficient (Wildman–Crippen LogP) is 0.746. The summed E-state index contributed by atoms with van der Waals surface area (Å²) in [6.45, 7) is 3.18. The van der Waals surface area contributed by atoms with E-state index in [9.17, 15) is 13.6 Å².